The van der Waals surface area contributed by atoms with E-state index in [2.05, 4.69) is 46.1 Å². The van der Waals surface area contributed by atoms with Crippen molar-refractivity contribution in [2.24, 2.45) is 5.41 Å². The molecular formula is C29H55N3S. The molecule has 0 amide bonds. The topological polar surface area (TPSA) is 30.7 Å². The third-order valence-electron chi connectivity index (χ3n) is 7.10. The minimum Gasteiger partial charge on any atom is -0.300 e. The number of unbranched alkanes of at least 4 members (excludes halogenated alkanes) is 10. The van der Waals surface area contributed by atoms with Crippen molar-refractivity contribution in [2.45, 2.75) is 173 Å². The maximum atomic E-state index is 4.75. The van der Waals surface area contributed by atoms with Crippen molar-refractivity contribution in [3.63, 3.8) is 0 Å². The van der Waals surface area contributed by atoms with Gasteiger partial charge in [-0.3, -0.25) is 0 Å². The number of hydrogen-bond acceptors (Lipinski definition) is 3. The molecule has 1 aromatic heterocycles. The average Bonchev–Trinajstić information content (AvgIpc) is 3.14. The van der Waals surface area contributed by atoms with Crippen LogP contribution in [-0.2, 0) is 12.0 Å². The van der Waals surface area contributed by atoms with Gasteiger partial charge in [-0.15, -0.1) is 10.2 Å². The molecule has 1 aliphatic carbocycles. The maximum Gasteiger partial charge on any atom is 0.191 e. The van der Waals surface area contributed by atoms with E-state index in [1.54, 1.807) is 0 Å². The predicted molar refractivity (Wildman–Crippen MR) is 146 cm³/mol. The van der Waals surface area contributed by atoms with Crippen LogP contribution in [0.15, 0.2) is 5.16 Å². The number of aromatic nitrogens is 3. The first kappa shape index (κ1) is 28.7. The lowest BCUT2D eigenvalue weighted by molar-refractivity contribution is 0.198. The number of nitrogens with zero attached hydrogens (tertiary/aromatic N) is 3. The quantitative estimate of drug-likeness (QED) is 0.222. The fourth-order valence-corrected chi connectivity index (χ4v) is 7.22. The van der Waals surface area contributed by atoms with Crippen LogP contribution >= 0.6 is 11.8 Å². The second kappa shape index (κ2) is 14.8. The summed E-state index contributed by atoms with van der Waals surface area (Å²) in [5, 5.41) is 11.4. The molecular weight excluding hydrogens is 422 g/mol. The molecule has 192 valence electrons. The van der Waals surface area contributed by atoms with Gasteiger partial charge in [-0.2, -0.15) is 0 Å². The van der Waals surface area contributed by atoms with Crippen LogP contribution in [-0.4, -0.2) is 20.0 Å². The summed E-state index contributed by atoms with van der Waals surface area (Å²) in [6.45, 7) is 14.2. The molecule has 2 rings (SSSR count). The summed E-state index contributed by atoms with van der Waals surface area (Å²) in [5.74, 6) is 1.22. The van der Waals surface area contributed by atoms with Gasteiger partial charge in [0, 0.05) is 17.2 Å². The van der Waals surface area contributed by atoms with E-state index in [1.165, 1.54) is 114 Å². The highest BCUT2D eigenvalue weighted by Crippen LogP contribution is 2.39. The fraction of sp³-hybridized carbons (Fsp3) is 0.931. The molecule has 33 heavy (non-hydrogen) atoms. The summed E-state index contributed by atoms with van der Waals surface area (Å²) >= 11 is 2.01. The lowest BCUT2D eigenvalue weighted by Gasteiger charge is -2.36. The van der Waals surface area contributed by atoms with Crippen LogP contribution in [0.25, 0.3) is 0 Å². The van der Waals surface area contributed by atoms with Gasteiger partial charge < -0.3 is 4.57 Å². The zero-order valence-electron chi connectivity index (χ0n) is 23.1. The van der Waals surface area contributed by atoms with Gasteiger partial charge in [0.05, 0.1) is 0 Å². The number of rotatable bonds is 16. The van der Waals surface area contributed by atoms with Crippen molar-refractivity contribution in [1.29, 1.82) is 0 Å². The van der Waals surface area contributed by atoms with Crippen molar-refractivity contribution in [3.8, 4) is 0 Å². The van der Waals surface area contributed by atoms with Gasteiger partial charge in [-0.1, -0.05) is 123 Å². The minimum absolute atomic E-state index is 0.0475. The standard InChI is InChI=1S/C29H55N3S/c1-7-8-9-10-11-12-13-14-15-16-20-23-26-30-31-27(33-25-21-18-17-19-22-25)32(26)29(5,6)24-28(2,3)4/h25H,7-24H2,1-6H3. The molecule has 0 radical (unpaired) electrons. The Labute approximate surface area is 210 Å². The molecule has 4 heteroatoms. The Morgan fingerprint density at radius 1 is 0.758 bits per heavy atom. The third kappa shape index (κ3) is 11.2. The highest BCUT2D eigenvalue weighted by Gasteiger charge is 2.32. The molecule has 0 unspecified atom stereocenters. The largest absolute Gasteiger partial charge is 0.300 e. The fourth-order valence-electron chi connectivity index (χ4n) is 5.80. The number of aryl methyl sites for hydroxylation is 1. The van der Waals surface area contributed by atoms with E-state index in [9.17, 15) is 0 Å². The highest BCUT2D eigenvalue weighted by molar-refractivity contribution is 7.99. The molecule has 0 aromatic carbocycles. The van der Waals surface area contributed by atoms with Gasteiger partial charge in [0.25, 0.3) is 0 Å². The first-order valence-corrected chi connectivity index (χ1v) is 15.2. The van der Waals surface area contributed by atoms with Gasteiger partial charge in [-0.05, 0) is 44.9 Å². The second-order valence-electron chi connectivity index (χ2n) is 12.4. The first-order valence-electron chi connectivity index (χ1n) is 14.3. The van der Waals surface area contributed by atoms with Crippen LogP contribution in [0.5, 0.6) is 0 Å². The molecule has 1 saturated carbocycles. The van der Waals surface area contributed by atoms with E-state index in [4.69, 9.17) is 10.2 Å². The molecule has 0 spiro atoms. The molecule has 0 N–H and O–H groups in total. The smallest absolute Gasteiger partial charge is 0.191 e. The van der Waals surface area contributed by atoms with Crippen LogP contribution < -0.4 is 0 Å². The van der Waals surface area contributed by atoms with E-state index >= 15 is 0 Å². The molecule has 1 heterocycles. The zero-order valence-corrected chi connectivity index (χ0v) is 23.9. The number of hydrogen-bond donors (Lipinski definition) is 0. The van der Waals surface area contributed by atoms with E-state index in [1.807, 2.05) is 11.8 Å². The van der Waals surface area contributed by atoms with E-state index in [-0.39, 0.29) is 11.0 Å². The summed E-state index contributed by atoms with van der Waals surface area (Å²) in [7, 11) is 0. The Morgan fingerprint density at radius 2 is 1.30 bits per heavy atom. The molecule has 3 nitrogen and oxygen atoms in total. The van der Waals surface area contributed by atoms with Crippen molar-refractivity contribution < 1.29 is 0 Å². The Bertz CT molecular complexity index is 638. The second-order valence-corrected chi connectivity index (χ2v) is 13.7. The monoisotopic (exact) mass is 477 g/mol. The van der Waals surface area contributed by atoms with Crippen LogP contribution in [0.3, 0.4) is 0 Å². The number of thioether (sulfide) groups is 1. The van der Waals surface area contributed by atoms with Gasteiger partial charge in [0.1, 0.15) is 5.82 Å². The van der Waals surface area contributed by atoms with Crippen molar-refractivity contribution in [2.75, 3.05) is 0 Å². The molecule has 0 bridgehead atoms. The Morgan fingerprint density at radius 3 is 1.85 bits per heavy atom. The van der Waals surface area contributed by atoms with Crippen molar-refractivity contribution in [3.05, 3.63) is 5.82 Å². The average molecular weight is 478 g/mol. The molecule has 0 aliphatic heterocycles. The lowest BCUT2D eigenvalue weighted by atomic mass is 9.81. The summed E-state index contributed by atoms with van der Waals surface area (Å²) in [6, 6.07) is 0. The summed E-state index contributed by atoms with van der Waals surface area (Å²) in [4.78, 5) is 0. The van der Waals surface area contributed by atoms with Gasteiger partial charge in [0.15, 0.2) is 5.16 Å². The minimum atomic E-state index is 0.0475. The normalized spacial score (nSPS) is 15.9. The Balaban J connectivity index is 1.86. The molecule has 1 fully saturated rings. The summed E-state index contributed by atoms with van der Waals surface area (Å²) in [6.07, 6.45) is 24.3. The van der Waals surface area contributed by atoms with Crippen LogP contribution in [0, 0.1) is 5.41 Å². The van der Waals surface area contributed by atoms with Gasteiger partial charge in [0.2, 0.25) is 0 Å². The highest BCUT2D eigenvalue weighted by atomic mass is 32.2. The predicted octanol–water partition coefficient (Wildman–Crippen LogP) is 9.73. The van der Waals surface area contributed by atoms with Crippen LogP contribution in [0.2, 0.25) is 0 Å². The van der Waals surface area contributed by atoms with Gasteiger partial charge in [-0.25, -0.2) is 0 Å². The van der Waals surface area contributed by atoms with Crippen LogP contribution in [0.4, 0.5) is 0 Å². The van der Waals surface area contributed by atoms with E-state index in [0.717, 1.165) is 18.1 Å². The summed E-state index contributed by atoms with van der Waals surface area (Å²) < 4.78 is 2.54. The molecule has 0 saturated heterocycles. The van der Waals surface area contributed by atoms with Crippen molar-refractivity contribution in [1.82, 2.24) is 14.8 Å². The Kier molecular flexibility index (Phi) is 12.9. The van der Waals surface area contributed by atoms with Crippen molar-refractivity contribution >= 4 is 11.8 Å². The molecule has 0 atom stereocenters. The zero-order chi connectivity index (χ0) is 24.2. The van der Waals surface area contributed by atoms with Crippen LogP contribution in [0.1, 0.15) is 157 Å². The summed E-state index contributed by atoms with van der Waals surface area (Å²) in [5.41, 5.74) is 0.334. The third-order valence-corrected chi connectivity index (χ3v) is 8.38. The van der Waals surface area contributed by atoms with E-state index < -0.39 is 0 Å². The van der Waals surface area contributed by atoms with E-state index in [0.29, 0.717) is 0 Å². The molecule has 1 aliphatic rings. The Hall–Kier alpha value is -0.510. The van der Waals surface area contributed by atoms with Gasteiger partial charge >= 0.3 is 0 Å². The molecule has 1 aromatic rings. The maximum absolute atomic E-state index is 4.75. The first-order chi connectivity index (χ1) is 15.7. The SMILES string of the molecule is CCCCCCCCCCCCCc1nnc(SC2CCCCC2)n1C(C)(C)CC(C)(C)C. The lowest BCUT2D eigenvalue weighted by Crippen LogP contribution is -2.33.